The van der Waals surface area contributed by atoms with Crippen molar-refractivity contribution in [1.82, 2.24) is 5.32 Å². The molecule has 35 heavy (non-hydrogen) atoms. The van der Waals surface area contributed by atoms with Crippen LogP contribution in [0.1, 0.15) is 73.8 Å². The number of aliphatic carboxylic acids is 1. The second kappa shape index (κ2) is 12.7. The third-order valence-corrected chi connectivity index (χ3v) is 4.56. The van der Waals surface area contributed by atoms with Crippen molar-refractivity contribution in [3.8, 4) is 11.5 Å². The fourth-order valence-corrected chi connectivity index (χ4v) is 3.14. The van der Waals surface area contributed by atoms with E-state index in [0.717, 1.165) is 0 Å². The predicted molar refractivity (Wildman–Crippen MR) is 130 cm³/mol. The maximum absolute atomic E-state index is 12.5. The SMILES string of the molecule is CC(=O)OC(C)CN[C@@H](Cc1ccc(OC(=O)CC(C)(C)C)c(OC(=O)CC(C)(C)C)c1)C(=O)O. The average Bonchev–Trinajstić information content (AvgIpc) is 2.63. The Kier molecular flexibility index (Phi) is 10.9. The Morgan fingerprint density at radius 3 is 1.89 bits per heavy atom. The molecule has 0 aromatic heterocycles. The zero-order chi connectivity index (χ0) is 27.0. The van der Waals surface area contributed by atoms with E-state index in [1.165, 1.54) is 19.1 Å². The van der Waals surface area contributed by atoms with Crippen molar-refractivity contribution in [2.24, 2.45) is 10.8 Å². The monoisotopic (exact) mass is 493 g/mol. The maximum Gasteiger partial charge on any atom is 0.321 e. The van der Waals surface area contributed by atoms with Crippen LogP contribution in [0.4, 0.5) is 0 Å². The molecule has 0 aliphatic heterocycles. The van der Waals surface area contributed by atoms with Crippen LogP contribution in [0.2, 0.25) is 0 Å². The number of nitrogens with one attached hydrogen (secondary N) is 1. The van der Waals surface area contributed by atoms with Gasteiger partial charge in [-0.15, -0.1) is 0 Å². The number of carboxylic acid groups (broad SMARTS) is 1. The lowest BCUT2D eigenvalue weighted by Crippen LogP contribution is -2.42. The molecule has 1 unspecified atom stereocenters. The molecule has 0 radical (unpaired) electrons. The lowest BCUT2D eigenvalue weighted by atomic mass is 9.92. The normalized spacial score (nSPS) is 13.5. The highest BCUT2D eigenvalue weighted by molar-refractivity contribution is 5.77. The van der Waals surface area contributed by atoms with Gasteiger partial charge in [0.05, 0.1) is 12.8 Å². The van der Waals surface area contributed by atoms with Crippen LogP contribution >= 0.6 is 0 Å². The summed E-state index contributed by atoms with van der Waals surface area (Å²) in [5.41, 5.74) is -0.0439. The molecule has 0 fully saturated rings. The molecule has 9 heteroatoms. The van der Waals surface area contributed by atoms with Crippen LogP contribution in [0.25, 0.3) is 0 Å². The summed E-state index contributed by atoms with van der Waals surface area (Å²) < 4.78 is 16.0. The van der Waals surface area contributed by atoms with Gasteiger partial charge in [0.1, 0.15) is 12.1 Å². The minimum Gasteiger partial charge on any atom is -0.480 e. The largest absolute Gasteiger partial charge is 0.480 e. The van der Waals surface area contributed by atoms with Crippen LogP contribution in [0, 0.1) is 10.8 Å². The first-order valence-electron chi connectivity index (χ1n) is 11.6. The van der Waals surface area contributed by atoms with Crippen LogP contribution in [0.3, 0.4) is 0 Å². The highest BCUT2D eigenvalue weighted by Crippen LogP contribution is 2.32. The fourth-order valence-electron chi connectivity index (χ4n) is 3.14. The van der Waals surface area contributed by atoms with Crippen molar-refractivity contribution in [1.29, 1.82) is 0 Å². The Morgan fingerprint density at radius 1 is 0.914 bits per heavy atom. The number of carbonyl (C=O) groups is 4. The summed E-state index contributed by atoms with van der Waals surface area (Å²) in [7, 11) is 0. The van der Waals surface area contributed by atoms with E-state index in [2.05, 4.69) is 5.32 Å². The highest BCUT2D eigenvalue weighted by Gasteiger charge is 2.24. The van der Waals surface area contributed by atoms with E-state index < -0.39 is 36.0 Å². The Bertz CT molecular complexity index is 911. The fraction of sp³-hybridized carbons (Fsp3) is 0.615. The van der Waals surface area contributed by atoms with Gasteiger partial charge in [-0.05, 0) is 41.9 Å². The van der Waals surface area contributed by atoms with Gasteiger partial charge in [0.25, 0.3) is 0 Å². The summed E-state index contributed by atoms with van der Waals surface area (Å²) in [6, 6.07) is 3.64. The quantitative estimate of drug-likeness (QED) is 0.348. The molecule has 0 saturated carbocycles. The Labute approximate surface area is 207 Å². The second-order valence-electron chi connectivity index (χ2n) is 11.1. The van der Waals surface area contributed by atoms with Gasteiger partial charge < -0.3 is 24.6 Å². The zero-order valence-electron chi connectivity index (χ0n) is 22.0. The summed E-state index contributed by atoms with van der Waals surface area (Å²) in [5.74, 6) is -2.37. The van der Waals surface area contributed by atoms with Gasteiger partial charge in [0.2, 0.25) is 0 Å². The second-order valence-corrected chi connectivity index (χ2v) is 11.1. The number of hydrogen-bond acceptors (Lipinski definition) is 8. The third-order valence-electron chi connectivity index (χ3n) is 4.56. The highest BCUT2D eigenvalue weighted by atomic mass is 16.6. The molecule has 0 spiro atoms. The van der Waals surface area contributed by atoms with Gasteiger partial charge in [0.15, 0.2) is 11.5 Å². The molecule has 9 nitrogen and oxygen atoms in total. The lowest BCUT2D eigenvalue weighted by molar-refractivity contribution is -0.145. The molecule has 0 aliphatic rings. The molecule has 1 rings (SSSR count). The summed E-state index contributed by atoms with van der Waals surface area (Å²) in [4.78, 5) is 47.7. The Balaban J connectivity index is 3.12. The molecule has 0 saturated heterocycles. The van der Waals surface area contributed by atoms with Crippen LogP contribution in [0.5, 0.6) is 11.5 Å². The number of carbonyl (C=O) groups excluding carboxylic acids is 3. The topological polar surface area (TPSA) is 128 Å². The van der Waals surface area contributed by atoms with Crippen LogP contribution < -0.4 is 14.8 Å². The number of esters is 3. The van der Waals surface area contributed by atoms with E-state index in [9.17, 15) is 24.3 Å². The van der Waals surface area contributed by atoms with E-state index in [0.29, 0.717) is 5.56 Å². The van der Waals surface area contributed by atoms with Crippen LogP contribution in [-0.2, 0) is 30.3 Å². The van der Waals surface area contributed by atoms with Crippen molar-refractivity contribution in [2.45, 2.75) is 86.8 Å². The summed E-state index contributed by atoms with van der Waals surface area (Å²) in [5, 5.41) is 12.5. The van der Waals surface area contributed by atoms with E-state index >= 15 is 0 Å². The molecule has 0 bridgehead atoms. The molecular formula is C26H39NO8. The third kappa shape index (κ3) is 12.9. The number of ether oxygens (including phenoxy) is 3. The molecule has 0 aliphatic carbocycles. The number of benzene rings is 1. The van der Waals surface area contributed by atoms with Gasteiger partial charge in [-0.1, -0.05) is 47.6 Å². The minimum absolute atomic E-state index is 0.0522. The average molecular weight is 494 g/mol. The Hall–Kier alpha value is -2.94. The summed E-state index contributed by atoms with van der Waals surface area (Å²) in [6.07, 6.45) is -0.148. The van der Waals surface area contributed by atoms with Crippen molar-refractivity contribution >= 4 is 23.9 Å². The van der Waals surface area contributed by atoms with Crippen molar-refractivity contribution in [2.75, 3.05) is 6.54 Å². The molecule has 2 N–H and O–H groups in total. The predicted octanol–water partition coefficient (Wildman–Crippen LogP) is 3.91. The summed E-state index contributed by atoms with van der Waals surface area (Å²) >= 11 is 0. The van der Waals surface area contributed by atoms with Crippen LogP contribution in [-0.4, -0.2) is 47.7 Å². The summed E-state index contributed by atoms with van der Waals surface area (Å²) in [6.45, 7) is 14.5. The van der Waals surface area contributed by atoms with E-state index in [-0.39, 0.29) is 48.1 Å². The number of hydrogen-bond donors (Lipinski definition) is 2. The van der Waals surface area contributed by atoms with Crippen LogP contribution in [0.15, 0.2) is 18.2 Å². The van der Waals surface area contributed by atoms with Gasteiger partial charge >= 0.3 is 23.9 Å². The molecule has 2 atom stereocenters. The van der Waals surface area contributed by atoms with Gasteiger partial charge in [0, 0.05) is 13.5 Å². The minimum atomic E-state index is -1.09. The van der Waals surface area contributed by atoms with Crippen molar-refractivity contribution in [3.63, 3.8) is 0 Å². The van der Waals surface area contributed by atoms with Crippen molar-refractivity contribution in [3.05, 3.63) is 23.8 Å². The van der Waals surface area contributed by atoms with Gasteiger partial charge in [-0.25, -0.2) is 0 Å². The van der Waals surface area contributed by atoms with Crippen molar-refractivity contribution < 1.29 is 38.5 Å². The first-order chi connectivity index (χ1) is 15.9. The molecular weight excluding hydrogens is 454 g/mol. The zero-order valence-corrected chi connectivity index (χ0v) is 22.0. The number of rotatable bonds is 11. The first kappa shape index (κ1) is 30.1. The molecule has 1 aromatic carbocycles. The van der Waals surface area contributed by atoms with E-state index in [4.69, 9.17) is 14.2 Å². The smallest absolute Gasteiger partial charge is 0.321 e. The standard InChI is InChI=1S/C26H39NO8/c1-16(33-17(2)28)15-27-19(24(31)32)11-18-9-10-20(34-22(29)13-25(3,4)5)21(12-18)35-23(30)14-26(6,7)8/h9-10,12,16,19,27H,11,13-15H2,1-8H3,(H,31,32)/t16?,19-/m0/s1. The van der Waals surface area contributed by atoms with E-state index in [1.54, 1.807) is 13.0 Å². The maximum atomic E-state index is 12.5. The Morgan fingerprint density at radius 2 is 1.43 bits per heavy atom. The molecule has 1 aromatic rings. The molecule has 0 heterocycles. The van der Waals surface area contributed by atoms with Gasteiger partial charge in [-0.3, -0.25) is 19.2 Å². The number of carboxylic acids is 1. The first-order valence-corrected chi connectivity index (χ1v) is 11.6. The van der Waals surface area contributed by atoms with E-state index in [1.807, 2.05) is 41.5 Å². The molecule has 0 amide bonds. The molecule has 196 valence electrons. The van der Waals surface area contributed by atoms with Gasteiger partial charge in [-0.2, -0.15) is 0 Å². The lowest BCUT2D eigenvalue weighted by Gasteiger charge is -2.20.